The number of benzene rings is 2. The summed E-state index contributed by atoms with van der Waals surface area (Å²) in [5.41, 5.74) is 3.80. The Morgan fingerprint density at radius 3 is 2.31 bits per heavy atom. The fraction of sp³-hybridized carbons (Fsp3) is 0.174. The molecule has 0 radical (unpaired) electrons. The van der Waals surface area contributed by atoms with E-state index in [1.165, 1.54) is 5.56 Å². The number of aromatic nitrogens is 4. The monoisotopic (exact) mass is 487 g/mol. The minimum Gasteiger partial charge on any atom is -0.307 e. The molecule has 0 fully saturated rings. The number of rotatable bonds is 6. The van der Waals surface area contributed by atoms with Gasteiger partial charge in [-0.15, -0.1) is 0 Å². The van der Waals surface area contributed by atoms with Crippen molar-refractivity contribution in [3.63, 3.8) is 0 Å². The van der Waals surface area contributed by atoms with E-state index in [4.69, 9.17) is 34.8 Å². The van der Waals surface area contributed by atoms with Crippen LogP contribution in [0.25, 0.3) is 0 Å². The van der Waals surface area contributed by atoms with Crippen LogP contribution in [0.1, 0.15) is 32.7 Å². The Hall–Kier alpha value is -2.80. The molecule has 4 rings (SSSR count). The third-order valence-corrected chi connectivity index (χ3v) is 6.17. The van der Waals surface area contributed by atoms with Crippen LogP contribution in [0.2, 0.25) is 15.2 Å². The van der Waals surface area contributed by atoms with Gasteiger partial charge >= 0.3 is 0 Å². The first-order chi connectivity index (χ1) is 15.3. The van der Waals surface area contributed by atoms with E-state index in [9.17, 15) is 4.79 Å². The molecule has 2 aromatic carbocycles. The third kappa shape index (κ3) is 4.67. The Balaban J connectivity index is 1.55. The number of carbonyl (C=O) groups excluding carboxylic acids is 1. The summed E-state index contributed by atoms with van der Waals surface area (Å²) >= 11 is 19.1. The van der Waals surface area contributed by atoms with E-state index < -0.39 is 0 Å². The SMILES string of the molecule is Cc1ccc(Cn2nc(C)c(C(=O)Nc3ccnn3Cc3c(Cl)cccc3Cl)c2Cl)cc1. The zero-order valence-corrected chi connectivity index (χ0v) is 19.7. The number of nitrogens with zero attached hydrogens (tertiary/aromatic N) is 4. The van der Waals surface area contributed by atoms with Crippen LogP contribution in [0.5, 0.6) is 0 Å². The number of carbonyl (C=O) groups is 1. The van der Waals surface area contributed by atoms with Crippen LogP contribution < -0.4 is 5.32 Å². The van der Waals surface area contributed by atoms with E-state index in [0.29, 0.717) is 40.2 Å². The van der Waals surface area contributed by atoms with E-state index in [1.54, 1.807) is 46.7 Å². The number of hydrogen-bond acceptors (Lipinski definition) is 3. The number of anilines is 1. The average Bonchev–Trinajstić information content (AvgIpc) is 3.29. The maximum atomic E-state index is 13.1. The zero-order chi connectivity index (χ0) is 22.8. The molecule has 0 saturated carbocycles. The van der Waals surface area contributed by atoms with E-state index in [1.807, 2.05) is 31.2 Å². The second kappa shape index (κ2) is 9.36. The van der Waals surface area contributed by atoms with Crippen molar-refractivity contribution >= 4 is 46.5 Å². The average molecular weight is 489 g/mol. The van der Waals surface area contributed by atoms with Crippen molar-refractivity contribution in [2.24, 2.45) is 0 Å². The van der Waals surface area contributed by atoms with Gasteiger partial charge < -0.3 is 5.32 Å². The molecule has 6 nitrogen and oxygen atoms in total. The fourth-order valence-electron chi connectivity index (χ4n) is 3.36. The Labute approximate surface area is 200 Å². The summed E-state index contributed by atoms with van der Waals surface area (Å²) in [6, 6.07) is 15.1. The second-order valence-electron chi connectivity index (χ2n) is 7.42. The summed E-state index contributed by atoms with van der Waals surface area (Å²) in [7, 11) is 0. The van der Waals surface area contributed by atoms with Crippen LogP contribution in [0, 0.1) is 13.8 Å². The van der Waals surface area contributed by atoms with Crippen molar-refractivity contribution in [2.75, 3.05) is 5.32 Å². The molecule has 2 heterocycles. The highest BCUT2D eigenvalue weighted by Crippen LogP contribution is 2.27. The Kier molecular flexibility index (Phi) is 6.55. The molecule has 1 N–H and O–H groups in total. The van der Waals surface area contributed by atoms with Gasteiger partial charge in [-0.25, -0.2) is 9.36 Å². The van der Waals surface area contributed by atoms with Crippen LogP contribution in [-0.2, 0) is 13.1 Å². The molecular weight excluding hydrogens is 469 g/mol. The highest BCUT2D eigenvalue weighted by molar-refractivity contribution is 6.36. The van der Waals surface area contributed by atoms with Crippen molar-refractivity contribution in [3.8, 4) is 0 Å². The molecule has 0 unspecified atom stereocenters. The molecule has 0 aliphatic heterocycles. The summed E-state index contributed by atoms with van der Waals surface area (Å²) in [6.07, 6.45) is 1.59. The maximum absolute atomic E-state index is 13.1. The topological polar surface area (TPSA) is 64.7 Å². The van der Waals surface area contributed by atoms with Crippen LogP contribution >= 0.6 is 34.8 Å². The maximum Gasteiger partial charge on any atom is 0.261 e. The number of halogens is 3. The molecule has 0 bridgehead atoms. The van der Waals surface area contributed by atoms with Crippen LogP contribution in [0.15, 0.2) is 54.7 Å². The van der Waals surface area contributed by atoms with Gasteiger partial charge in [0.25, 0.3) is 5.91 Å². The molecule has 9 heteroatoms. The van der Waals surface area contributed by atoms with Gasteiger partial charge in [-0.05, 0) is 31.5 Å². The van der Waals surface area contributed by atoms with Gasteiger partial charge in [0.15, 0.2) is 0 Å². The lowest BCUT2D eigenvalue weighted by atomic mass is 10.1. The minimum absolute atomic E-state index is 0.279. The van der Waals surface area contributed by atoms with Gasteiger partial charge in [0, 0.05) is 21.7 Å². The molecule has 32 heavy (non-hydrogen) atoms. The number of hydrogen-bond donors (Lipinski definition) is 1. The minimum atomic E-state index is -0.366. The highest BCUT2D eigenvalue weighted by atomic mass is 35.5. The summed E-state index contributed by atoms with van der Waals surface area (Å²) < 4.78 is 3.24. The first-order valence-corrected chi connectivity index (χ1v) is 11.0. The van der Waals surface area contributed by atoms with Crippen molar-refractivity contribution in [1.29, 1.82) is 0 Å². The highest BCUT2D eigenvalue weighted by Gasteiger charge is 2.22. The fourth-order valence-corrected chi connectivity index (χ4v) is 4.20. The van der Waals surface area contributed by atoms with Gasteiger partial charge in [-0.1, -0.05) is 70.7 Å². The van der Waals surface area contributed by atoms with E-state index in [0.717, 1.165) is 11.1 Å². The van der Waals surface area contributed by atoms with Crippen molar-refractivity contribution in [2.45, 2.75) is 26.9 Å². The van der Waals surface area contributed by atoms with Crippen molar-refractivity contribution in [1.82, 2.24) is 19.6 Å². The number of aryl methyl sites for hydroxylation is 2. The molecule has 0 atom stereocenters. The summed E-state index contributed by atoms with van der Waals surface area (Å²) in [5, 5.41) is 12.9. The molecule has 0 spiro atoms. The largest absolute Gasteiger partial charge is 0.307 e. The van der Waals surface area contributed by atoms with Gasteiger partial charge in [0.05, 0.1) is 30.5 Å². The molecule has 1 amide bonds. The van der Waals surface area contributed by atoms with E-state index in [-0.39, 0.29) is 11.1 Å². The first kappa shape index (κ1) is 22.4. The Morgan fingerprint density at radius 2 is 1.62 bits per heavy atom. The van der Waals surface area contributed by atoms with E-state index >= 15 is 0 Å². The lowest BCUT2D eigenvalue weighted by Gasteiger charge is -2.11. The third-order valence-electron chi connectivity index (χ3n) is 5.07. The van der Waals surface area contributed by atoms with Gasteiger partial charge in [-0.2, -0.15) is 10.2 Å². The van der Waals surface area contributed by atoms with E-state index in [2.05, 4.69) is 15.5 Å². The van der Waals surface area contributed by atoms with Crippen molar-refractivity contribution in [3.05, 3.63) is 97.9 Å². The second-order valence-corrected chi connectivity index (χ2v) is 8.60. The normalized spacial score (nSPS) is 11.0. The first-order valence-electron chi connectivity index (χ1n) is 9.88. The molecule has 4 aromatic rings. The Morgan fingerprint density at radius 1 is 0.938 bits per heavy atom. The lowest BCUT2D eigenvalue weighted by Crippen LogP contribution is -2.17. The predicted octanol–water partition coefficient (Wildman–Crippen LogP) is 6.01. The zero-order valence-electron chi connectivity index (χ0n) is 17.4. The Bertz CT molecular complexity index is 1260. The lowest BCUT2D eigenvalue weighted by molar-refractivity contribution is 0.102. The molecular formula is C23H20Cl3N5O. The summed E-state index contributed by atoms with van der Waals surface area (Å²) in [4.78, 5) is 13.1. The molecule has 0 aliphatic rings. The number of nitrogens with one attached hydrogen (secondary N) is 1. The summed E-state index contributed by atoms with van der Waals surface area (Å²) in [5.74, 6) is 0.127. The van der Waals surface area contributed by atoms with Gasteiger partial charge in [0.2, 0.25) is 0 Å². The smallest absolute Gasteiger partial charge is 0.261 e. The van der Waals surface area contributed by atoms with Gasteiger partial charge in [0.1, 0.15) is 11.0 Å². The quantitative estimate of drug-likeness (QED) is 0.362. The molecule has 164 valence electrons. The standard InChI is InChI=1S/C23H20Cl3N5O/c1-14-6-8-16(9-7-14)12-31-22(26)21(15(2)29-31)23(32)28-20-10-11-27-30(20)13-17-18(24)4-3-5-19(17)25/h3-11H,12-13H2,1-2H3,(H,28,32). The van der Waals surface area contributed by atoms with Crippen LogP contribution in [-0.4, -0.2) is 25.5 Å². The molecule has 0 saturated heterocycles. The molecule has 2 aromatic heterocycles. The van der Waals surface area contributed by atoms with Gasteiger partial charge in [-0.3, -0.25) is 4.79 Å². The van der Waals surface area contributed by atoms with Crippen LogP contribution in [0.4, 0.5) is 5.82 Å². The van der Waals surface area contributed by atoms with Crippen LogP contribution in [0.3, 0.4) is 0 Å². The number of amides is 1. The molecule has 0 aliphatic carbocycles. The predicted molar refractivity (Wildman–Crippen MR) is 128 cm³/mol. The van der Waals surface area contributed by atoms with Crippen molar-refractivity contribution < 1.29 is 4.79 Å². The summed E-state index contributed by atoms with van der Waals surface area (Å²) in [6.45, 7) is 4.56.